The van der Waals surface area contributed by atoms with Gasteiger partial charge in [0.15, 0.2) is 6.61 Å². The minimum Gasteiger partial charge on any atom is -0.482 e. The number of carbonyl (C=O) groups excluding carboxylic acids is 1. The van der Waals surface area contributed by atoms with Gasteiger partial charge in [0.05, 0.1) is 27.2 Å². The van der Waals surface area contributed by atoms with Crippen molar-refractivity contribution in [1.82, 2.24) is 19.0 Å². The van der Waals surface area contributed by atoms with Crippen LogP contribution in [0, 0.1) is 0 Å². The van der Waals surface area contributed by atoms with Crippen molar-refractivity contribution < 1.29 is 14.6 Å². The lowest BCUT2D eigenvalue weighted by Crippen LogP contribution is -2.58. The summed E-state index contributed by atoms with van der Waals surface area (Å²) in [6, 6.07) is 3.20. The summed E-state index contributed by atoms with van der Waals surface area (Å²) in [6.45, 7) is 7.86. The lowest BCUT2D eigenvalue weighted by Gasteiger charge is -2.42. The SMILES string of the molecule is O=C(COc1cc(Cl)c(Cl)cc1Cl)N1CCN(SCCN2CC(O)C2)C[C@@H]1CN1CCCC1. The Morgan fingerprint density at radius 1 is 1.00 bits per heavy atom. The Labute approximate surface area is 215 Å². The number of piperazine rings is 1. The summed E-state index contributed by atoms with van der Waals surface area (Å²) in [5.41, 5.74) is 0. The number of amides is 1. The quantitative estimate of drug-likeness (QED) is 0.384. The fourth-order valence-corrected chi connectivity index (χ4v) is 6.23. The fourth-order valence-electron chi connectivity index (χ4n) is 4.55. The number of benzene rings is 1. The molecule has 3 saturated heterocycles. The molecule has 0 radical (unpaired) electrons. The number of rotatable bonds is 9. The van der Waals surface area contributed by atoms with Gasteiger partial charge in [-0.2, -0.15) is 0 Å². The monoisotopic (exact) mass is 536 g/mol. The van der Waals surface area contributed by atoms with Gasteiger partial charge in [-0.25, -0.2) is 4.31 Å². The van der Waals surface area contributed by atoms with E-state index in [1.54, 1.807) is 6.07 Å². The van der Waals surface area contributed by atoms with Crippen LogP contribution in [0.25, 0.3) is 0 Å². The second-order valence-corrected chi connectivity index (χ2v) is 11.3. The molecule has 1 amide bonds. The molecule has 1 aromatic rings. The van der Waals surface area contributed by atoms with Crippen LogP contribution in [0.2, 0.25) is 15.1 Å². The molecule has 0 spiro atoms. The van der Waals surface area contributed by atoms with Crippen molar-refractivity contribution in [2.45, 2.75) is 25.0 Å². The van der Waals surface area contributed by atoms with E-state index < -0.39 is 0 Å². The van der Waals surface area contributed by atoms with E-state index in [2.05, 4.69) is 14.1 Å². The van der Waals surface area contributed by atoms with Crippen LogP contribution in [0.1, 0.15) is 12.8 Å². The lowest BCUT2D eigenvalue weighted by molar-refractivity contribution is -0.137. The molecule has 1 N–H and O–H groups in total. The average Bonchev–Trinajstić information content (AvgIpc) is 3.27. The maximum Gasteiger partial charge on any atom is 0.260 e. The zero-order valence-corrected chi connectivity index (χ0v) is 21.7. The molecular formula is C22H31Cl3N4O3S. The molecule has 3 aliphatic rings. The Morgan fingerprint density at radius 3 is 2.45 bits per heavy atom. The van der Waals surface area contributed by atoms with Crippen molar-refractivity contribution in [3.63, 3.8) is 0 Å². The molecule has 184 valence electrons. The van der Waals surface area contributed by atoms with E-state index in [4.69, 9.17) is 39.5 Å². The largest absolute Gasteiger partial charge is 0.482 e. The molecule has 1 aromatic carbocycles. The van der Waals surface area contributed by atoms with Crippen LogP contribution in [0.3, 0.4) is 0 Å². The molecule has 7 nitrogen and oxygen atoms in total. The summed E-state index contributed by atoms with van der Waals surface area (Å²) in [5.74, 6) is 1.32. The highest BCUT2D eigenvalue weighted by Crippen LogP contribution is 2.34. The molecule has 11 heteroatoms. The third-order valence-corrected chi connectivity index (χ3v) is 8.46. The van der Waals surface area contributed by atoms with E-state index in [9.17, 15) is 9.90 Å². The first-order valence-corrected chi connectivity index (χ1v) is 13.5. The summed E-state index contributed by atoms with van der Waals surface area (Å²) in [7, 11) is 0. The molecule has 0 bridgehead atoms. The van der Waals surface area contributed by atoms with Crippen LogP contribution in [0.15, 0.2) is 12.1 Å². The highest BCUT2D eigenvalue weighted by atomic mass is 35.5. The number of hydrogen-bond acceptors (Lipinski definition) is 7. The van der Waals surface area contributed by atoms with Gasteiger partial charge in [-0.1, -0.05) is 46.8 Å². The zero-order valence-electron chi connectivity index (χ0n) is 18.6. The van der Waals surface area contributed by atoms with Crippen molar-refractivity contribution >= 4 is 52.7 Å². The predicted molar refractivity (Wildman–Crippen MR) is 135 cm³/mol. The van der Waals surface area contributed by atoms with Gasteiger partial charge in [0, 0.05) is 57.6 Å². The number of ether oxygens (including phenoxy) is 1. The predicted octanol–water partition coefficient (Wildman–Crippen LogP) is 2.96. The van der Waals surface area contributed by atoms with Crippen LogP contribution >= 0.6 is 46.8 Å². The molecule has 0 aliphatic carbocycles. The Morgan fingerprint density at radius 2 is 1.73 bits per heavy atom. The number of β-amino-alcohol motifs (C(OH)–C–C–N with tert-alkyl or cyclic N) is 1. The smallest absolute Gasteiger partial charge is 0.260 e. The number of likely N-dealkylation sites (tertiary alicyclic amines) is 2. The Balaban J connectivity index is 1.31. The summed E-state index contributed by atoms with van der Waals surface area (Å²) in [6.07, 6.45) is 2.29. The van der Waals surface area contributed by atoms with Gasteiger partial charge in [0.2, 0.25) is 0 Å². The van der Waals surface area contributed by atoms with Gasteiger partial charge < -0.3 is 19.6 Å². The molecule has 3 heterocycles. The Hall–Kier alpha value is -0.450. The van der Waals surface area contributed by atoms with E-state index in [0.29, 0.717) is 27.4 Å². The molecular weight excluding hydrogens is 507 g/mol. The highest BCUT2D eigenvalue weighted by Gasteiger charge is 2.33. The average molecular weight is 538 g/mol. The van der Waals surface area contributed by atoms with Gasteiger partial charge in [0.1, 0.15) is 5.75 Å². The Kier molecular flexibility index (Phi) is 9.32. The lowest BCUT2D eigenvalue weighted by atomic mass is 10.1. The summed E-state index contributed by atoms with van der Waals surface area (Å²) < 4.78 is 8.11. The van der Waals surface area contributed by atoms with E-state index in [0.717, 1.165) is 58.1 Å². The van der Waals surface area contributed by atoms with E-state index in [-0.39, 0.29) is 24.7 Å². The number of carbonyl (C=O) groups is 1. The number of aliphatic hydroxyl groups excluding tert-OH is 1. The molecule has 0 aromatic heterocycles. The first kappa shape index (κ1) is 25.6. The third kappa shape index (κ3) is 7.04. The van der Waals surface area contributed by atoms with Gasteiger partial charge in [-0.3, -0.25) is 9.69 Å². The van der Waals surface area contributed by atoms with Gasteiger partial charge in [-0.05, 0) is 32.0 Å². The minimum absolute atomic E-state index is 0.0412. The van der Waals surface area contributed by atoms with Crippen LogP contribution in [0.4, 0.5) is 0 Å². The number of hydrogen-bond donors (Lipinski definition) is 1. The van der Waals surface area contributed by atoms with Crippen LogP contribution in [-0.2, 0) is 4.79 Å². The van der Waals surface area contributed by atoms with E-state index >= 15 is 0 Å². The van der Waals surface area contributed by atoms with Crippen LogP contribution in [0.5, 0.6) is 5.75 Å². The normalized spacial score (nSPS) is 23.2. The fraction of sp³-hybridized carbons (Fsp3) is 0.682. The molecule has 0 saturated carbocycles. The van der Waals surface area contributed by atoms with Crippen molar-refractivity contribution in [1.29, 1.82) is 0 Å². The highest BCUT2D eigenvalue weighted by molar-refractivity contribution is 7.97. The second kappa shape index (κ2) is 12.0. The van der Waals surface area contributed by atoms with Crippen LogP contribution in [-0.4, -0.2) is 113 Å². The van der Waals surface area contributed by atoms with Crippen molar-refractivity contribution in [3.8, 4) is 5.75 Å². The number of aliphatic hydroxyl groups is 1. The Bertz CT molecular complexity index is 824. The topological polar surface area (TPSA) is 59.5 Å². The molecule has 4 rings (SSSR count). The molecule has 3 fully saturated rings. The van der Waals surface area contributed by atoms with Gasteiger partial charge >= 0.3 is 0 Å². The maximum atomic E-state index is 13.1. The van der Waals surface area contributed by atoms with Crippen molar-refractivity contribution in [2.75, 3.05) is 71.3 Å². The summed E-state index contributed by atoms with van der Waals surface area (Å²) in [4.78, 5) is 19.8. The number of nitrogens with zero attached hydrogens (tertiary/aromatic N) is 4. The first-order valence-electron chi connectivity index (χ1n) is 11.5. The van der Waals surface area contributed by atoms with Gasteiger partial charge in [-0.15, -0.1) is 0 Å². The summed E-state index contributed by atoms with van der Waals surface area (Å²) >= 11 is 20.1. The number of halogens is 3. The second-order valence-electron chi connectivity index (χ2n) is 8.87. The van der Waals surface area contributed by atoms with Crippen molar-refractivity contribution in [2.24, 2.45) is 0 Å². The zero-order chi connectivity index (χ0) is 23.4. The summed E-state index contributed by atoms with van der Waals surface area (Å²) in [5, 5.41) is 10.5. The first-order chi connectivity index (χ1) is 15.9. The maximum absolute atomic E-state index is 13.1. The van der Waals surface area contributed by atoms with Gasteiger partial charge in [0.25, 0.3) is 5.91 Å². The standard InChI is InChI=1S/C22H31Cl3N4O3S/c23-18-9-20(25)21(10-19(18)24)32-15-22(31)29-6-5-28(33-8-7-27-13-17(30)14-27)12-16(29)11-26-3-1-2-4-26/h9-10,16-17,30H,1-8,11-15H2/t16-/m0/s1. The van der Waals surface area contributed by atoms with Crippen LogP contribution < -0.4 is 4.74 Å². The molecule has 3 aliphatic heterocycles. The molecule has 33 heavy (non-hydrogen) atoms. The third-order valence-electron chi connectivity index (χ3n) is 6.38. The minimum atomic E-state index is -0.157. The van der Waals surface area contributed by atoms with E-state index in [1.165, 1.54) is 18.9 Å². The molecule has 1 atom stereocenters. The van der Waals surface area contributed by atoms with Crippen molar-refractivity contribution in [3.05, 3.63) is 27.2 Å². The molecule has 0 unspecified atom stereocenters. The van der Waals surface area contributed by atoms with E-state index in [1.807, 2.05) is 16.8 Å².